The SMILES string of the molecule is CCCCC1(CC)Cc2cccc(NC(=O)c3cccnc3Cl)c2O1. The summed E-state index contributed by atoms with van der Waals surface area (Å²) in [4.78, 5) is 16.5. The van der Waals surface area contributed by atoms with Crippen LogP contribution in [-0.2, 0) is 6.42 Å². The number of halogens is 1. The molecule has 1 N–H and O–H groups in total. The summed E-state index contributed by atoms with van der Waals surface area (Å²) < 4.78 is 6.38. The summed E-state index contributed by atoms with van der Waals surface area (Å²) in [5.74, 6) is 0.506. The van der Waals surface area contributed by atoms with Gasteiger partial charge >= 0.3 is 0 Å². The van der Waals surface area contributed by atoms with Crippen LogP contribution in [0.15, 0.2) is 36.5 Å². The standard InChI is InChI=1S/C20H23ClN2O2/c1-3-5-11-20(4-2)13-14-8-6-10-16(17(14)25-20)23-19(24)15-9-7-12-22-18(15)21/h6-10,12H,3-5,11,13H2,1-2H3,(H,23,24). The summed E-state index contributed by atoms with van der Waals surface area (Å²) in [5.41, 5.74) is 2.03. The van der Waals surface area contributed by atoms with Gasteiger partial charge in [-0.1, -0.05) is 44.0 Å². The van der Waals surface area contributed by atoms with Crippen LogP contribution in [0, 0.1) is 0 Å². The van der Waals surface area contributed by atoms with Gasteiger partial charge in [-0.2, -0.15) is 0 Å². The second-order valence-electron chi connectivity index (χ2n) is 6.51. The molecule has 0 fully saturated rings. The number of hydrogen-bond donors (Lipinski definition) is 1. The molecule has 4 nitrogen and oxygen atoms in total. The molecule has 1 aliphatic heterocycles. The maximum absolute atomic E-state index is 12.5. The fourth-order valence-electron chi connectivity index (χ4n) is 3.30. The van der Waals surface area contributed by atoms with Crippen molar-refractivity contribution in [3.05, 3.63) is 52.8 Å². The summed E-state index contributed by atoms with van der Waals surface area (Å²) in [6.07, 6.45) is 6.70. The van der Waals surface area contributed by atoms with Gasteiger partial charge < -0.3 is 10.1 Å². The van der Waals surface area contributed by atoms with Crippen LogP contribution in [0.1, 0.15) is 55.5 Å². The highest BCUT2D eigenvalue weighted by Crippen LogP contribution is 2.44. The van der Waals surface area contributed by atoms with Crippen molar-refractivity contribution < 1.29 is 9.53 Å². The lowest BCUT2D eigenvalue weighted by Gasteiger charge is -2.27. The van der Waals surface area contributed by atoms with Gasteiger partial charge in [-0.25, -0.2) is 4.98 Å². The molecule has 1 aromatic carbocycles. The fourth-order valence-corrected chi connectivity index (χ4v) is 3.51. The molecule has 2 heterocycles. The lowest BCUT2D eigenvalue weighted by Crippen LogP contribution is -2.33. The zero-order valence-corrected chi connectivity index (χ0v) is 15.4. The molecule has 1 aliphatic rings. The number of rotatable bonds is 6. The molecular formula is C20H23ClN2O2. The second-order valence-corrected chi connectivity index (χ2v) is 6.87. The first kappa shape index (κ1) is 17.7. The zero-order valence-electron chi connectivity index (χ0n) is 14.6. The molecule has 0 saturated heterocycles. The van der Waals surface area contributed by atoms with E-state index in [0.717, 1.165) is 43.4 Å². The molecule has 25 heavy (non-hydrogen) atoms. The Morgan fingerprint density at radius 3 is 2.88 bits per heavy atom. The minimum atomic E-state index is -0.280. The molecule has 1 aromatic heterocycles. The molecule has 0 aliphatic carbocycles. The number of fused-ring (bicyclic) bond motifs is 1. The average molecular weight is 359 g/mol. The lowest BCUT2D eigenvalue weighted by atomic mass is 9.89. The van der Waals surface area contributed by atoms with Gasteiger partial charge in [-0.3, -0.25) is 4.79 Å². The monoisotopic (exact) mass is 358 g/mol. The van der Waals surface area contributed by atoms with E-state index in [1.54, 1.807) is 18.3 Å². The maximum atomic E-state index is 12.5. The Balaban J connectivity index is 1.84. The van der Waals surface area contributed by atoms with Crippen molar-refractivity contribution in [1.82, 2.24) is 4.98 Å². The van der Waals surface area contributed by atoms with E-state index in [4.69, 9.17) is 16.3 Å². The topological polar surface area (TPSA) is 51.2 Å². The Morgan fingerprint density at radius 1 is 1.32 bits per heavy atom. The van der Waals surface area contributed by atoms with Gasteiger partial charge in [-0.05, 0) is 37.5 Å². The largest absolute Gasteiger partial charge is 0.484 e. The molecule has 132 valence electrons. The minimum absolute atomic E-state index is 0.162. The molecule has 0 saturated carbocycles. The van der Waals surface area contributed by atoms with E-state index in [2.05, 4.69) is 30.2 Å². The maximum Gasteiger partial charge on any atom is 0.258 e. The normalized spacial score (nSPS) is 18.5. The van der Waals surface area contributed by atoms with Gasteiger partial charge in [0.25, 0.3) is 5.91 Å². The average Bonchev–Trinajstić information content (AvgIpc) is 3.00. The predicted molar refractivity (Wildman–Crippen MR) is 101 cm³/mol. The number of ether oxygens (including phenoxy) is 1. The summed E-state index contributed by atoms with van der Waals surface area (Å²) in [7, 11) is 0. The first-order valence-corrected chi connectivity index (χ1v) is 9.19. The van der Waals surface area contributed by atoms with Crippen molar-refractivity contribution in [3.8, 4) is 5.75 Å². The van der Waals surface area contributed by atoms with E-state index in [1.807, 2.05) is 12.1 Å². The Morgan fingerprint density at radius 2 is 2.16 bits per heavy atom. The first-order valence-electron chi connectivity index (χ1n) is 8.81. The van der Waals surface area contributed by atoms with Crippen molar-refractivity contribution in [2.45, 2.75) is 51.6 Å². The van der Waals surface area contributed by atoms with Crippen LogP contribution in [0.3, 0.4) is 0 Å². The van der Waals surface area contributed by atoms with Crippen molar-refractivity contribution >= 4 is 23.2 Å². The molecular weight excluding hydrogens is 336 g/mol. The number of nitrogens with one attached hydrogen (secondary N) is 1. The molecule has 1 unspecified atom stereocenters. The number of unbranched alkanes of at least 4 members (excludes halogenated alkanes) is 1. The van der Waals surface area contributed by atoms with Crippen molar-refractivity contribution in [2.75, 3.05) is 5.32 Å². The molecule has 0 spiro atoms. The number of anilines is 1. The number of nitrogens with zero attached hydrogens (tertiary/aromatic N) is 1. The number of amides is 1. The minimum Gasteiger partial charge on any atom is -0.484 e. The molecule has 5 heteroatoms. The second kappa shape index (κ2) is 7.44. The van der Waals surface area contributed by atoms with Crippen molar-refractivity contribution in [2.24, 2.45) is 0 Å². The molecule has 2 aromatic rings. The van der Waals surface area contributed by atoms with Crippen LogP contribution in [-0.4, -0.2) is 16.5 Å². The number of hydrogen-bond acceptors (Lipinski definition) is 3. The predicted octanol–water partition coefficient (Wildman–Crippen LogP) is 5.26. The molecule has 0 radical (unpaired) electrons. The van der Waals surface area contributed by atoms with Crippen LogP contribution in [0.5, 0.6) is 5.75 Å². The van der Waals surface area contributed by atoms with E-state index in [-0.39, 0.29) is 16.7 Å². The zero-order chi connectivity index (χ0) is 17.9. The van der Waals surface area contributed by atoms with Crippen LogP contribution in [0.2, 0.25) is 5.15 Å². The molecule has 1 atom stereocenters. The summed E-state index contributed by atoms with van der Waals surface area (Å²) in [6, 6.07) is 9.25. The number of carbonyl (C=O) groups is 1. The summed E-state index contributed by atoms with van der Waals surface area (Å²) in [5, 5.41) is 3.12. The van der Waals surface area contributed by atoms with Crippen LogP contribution < -0.4 is 10.1 Å². The summed E-state index contributed by atoms with van der Waals surface area (Å²) >= 11 is 6.02. The Bertz CT molecular complexity index is 778. The van der Waals surface area contributed by atoms with Gasteiger partial charge in [0.05, 0.1) is 11.3 Å². The van der Waals surface area contributed by atoms with Gasteiger partial charge in [0.1, 0.15) is 16.5 Å². The highest BCUT2D eigenvalue weighted by Gasteiger charge is 2.38. The van der Waals surface area contributed by atoms with Gasteiger partial charge in [-0.15, -0.1) is 0 Å². The Hall–Kier alpha value is -2.07. The van der Waals surface area contributed by atoms with Gasteiger partial charge in [0.15, 0.2) is 0 Å². The van der Waals surface area contributed by atoms with Crippen LogP contribution in [0.25, 0.3) is 0 Å². The van der Waals surface area contributed by atoms with E-state index < -0.39 is 0 Å². The molecule has 1 amide bonds. The number of carbonyl (C=O) groups excluding carboxylic acids is 1. The molecule has 0 bridgehead atoms. The number of benzene rings is 1. The van der Waals surface area contributed by atoms with Gasteiger partial charge in [0, 0.05) is 18.2 Å². The Kier molecular flexibility index (Phi) is 5.28. The fraction of sp³-hybridized carbons (Fsp3) is 0.400. The highest BCUT2D eigenvalue weighted by molar-refractivity contribution is 6.33. The third kappa shape index (κ3) is 3.64. The third-order valence-corrected chi connectivity index (χ3v) is 5.11. The number of para-hydroxylation sites is 1. The number of aromatic nitrogens is 1. The molecule has 3 rings (SSSR count). The van der Waals surface area contributed by atoms with Crippen LogP contribution in [0.4, 0.5) is 5.69 Å². The highest BCUT2D eigenvalue weighted by atomic mass is 35.5. The van der Waals surface area contributed by atoms with E-state index in [9.17, 15) is 4.79 Å². The quantitative estimate of drug-likeness (QED) is 0.716. The van der Waals surface area contributed by atoms with E-state index in [1.165, 1.54) is 0 Å². The summed E-state index contributed by atoms with van der Waals surface area (Å²) in [6.45, 7) is 4.35. The lowest BCUT2D eigenvalue weighted by molar-refractivity contribution is 0.0779. The number of pyridine rings is 1. The third-order valence-electron chi connectivity index (χ3n) is 4.81. The van der Waals surface area contributed by atoms with Crippen molar-refractivity contribution in [3.63, 3.8) is 0 Å². The Labute approximate surface area is 153 Å². The van der Waals surface area contributed by atoms with Crippen LogP contribution >= 0.6 is 11.6 Å². The smallest absolute Gasteiger partial charge is 0.258 e. The van der Waals surface area contributed by atoms with E-state index >= 15 is 0 Å². The van der Waals surface area contributed by atoms with Gasteiger partial charge in [0.2, 0.25) is 0 Å². The van der Waals surface area contributed by atoms with Crippen molar-refractivity contribution in [1.29, 1.82) is 0 Å². The first-order chi connectivity index (χ1) is 12.1. The van der Waals surface area contributed by atoms with E-state index in [0.29, 0.717) is 11.3 Å².